The summed E-state index contributed by atoms with van der Waals surface area (Å²) >= 11 is 5.66. The van der Waals surface area contributed by atoms with Crippen LogP contribution in [0.25, 0.3) is 0 Å². The maximum atomic E-state index is 13.2. The lowest BCUT2D eigenvalue weighted by molar-refractivity contribution is 0.0502. The van der Waals surface area contributed by atoms with Crippen molar-refractivity contribution in [2.45, 2.75) is 38.8 Å². The fourth-order valence-electron chi connectivity index (χ4n) is 1.66. The molecule has 0 saturated carbocycles. The van der Waals surface area contributed by atoms with Crippen LogP contribution in [-0.2, 0) is 4.74 Å². The monoisotopic (exact) mass is 305 g/mol. The minimum atomic E-state index is -0.703. The van der Waals surface area contributed by atoms with Gasteiger partial charge in [-0.25, -0.2) is 13.6 Å². The van der Waals surface area contributed by atoms with Crippen molar-refractivity contribution < 1.29 is 18.3 Å². The number of ether oxygens (including phenoxy) is 1. The number of carbonyl (C=O) groups excluding carboxylic acids is 1. The van der Waals surface area contributed by atoms with Crippen molar-refractivity contribution in [1.29, 1.82) is 0 Å². The molecule has 0 aliphatic rings. The van der Waals surface area contributed by atoms with Crippen LogP contribution in [0.2, 0.25) is 0 Å². The number of hydrogen-bond acceptors (Lipinski definition) is 2. The minimum absolute atomic E-state index is 0.235. The lowest BCUT2D eigenvalue weighted by Crippen LogP contribution is -2.35. The molecule has 0 aliphatic heterocycles. The molecule has 1 rings (SSSR count). The number of carbonyl (C=O) groups is 1. The van der Waals surface area contributed by atoms with Crippen molar-refractivity contribution in [3.05, 3.63) is 35.4 Å². The van der Waals surface area contributed by atoms with Crippen LogP contribution < -0.4 is 5.32 Å². The summed E-state index contributed by atoms with van der Waals surface area (Å²) in [6.45, 7) is 5.18. The second-order valence-corrected chi connectivity index (χ2v) is 5.76. The van der Waals surface area contributed by atoms with E-state index in [0.717, 1.165) is 18.2 Å². The number of alkyl halides is 1. The normalized spacial score (nSPS) is 12.9. The van der Waals surface area contributed by atoms with Crippen LogP contribution in [0, 0.1) is 11.6 Å². The first-order chi connectivity index (χ1) is 9.21. The van der Waals surface area contributed by atoms with Gasteiger partial charge in [-0.3, -0.25) is 0 Å². The van der Waals surface area contributed by atoms with Crippen LogP contribution in [-0.4, -0.2) is 17.6 Å². The summed E-state index contributed by atoms with van der Waals surface area (Å²) in [6, 6.07) is 2.50. The molecule has 0 saturated heterocycles. The fraction of sp³-hybridized carbons (Fsp3) is 0.500. The summed E-state index contributed by atoms with van der Waals surface area (Å²) in [6.07, 6.45) is -0.318. The van der Waals surface area contributed by atoms with E-state index in [0.29, 0.717) is 12.0 Å². The third kappa shape index (κ3) is 5.74. The van der Waals surface area contributed by atoms with Crippen molar-refractivity contribution >= 4 is 17.7 Å². The number of rotatable bonds is 4. The zero-order valence-electron chi connectivity index (χ0n) is 11.7. The molecule has 0 fully saturated rings. The van der Waals surface area contributed by atoms with E-state index in [1.807, 2.05) is 0 Å². The smallest absolute Gasteiger partial charge is 0.408 e. The Morgan fingerprint density at radius 2 is 1.85 bits per heavy atom. The third-order valence-corrected chi connectivity index (χ3v) is 2.59. The average molecular weight is 306 g/mol. The molecule has 20 heavy (non-hydrogen) atoms. The molecule has 1 N–H and O–H groups in total. The lowest BCUT2D eigenvalue weighted by Gasteiger charge is -2.23. The summed E-state index contributed by atoms with van der Waals surface area (Å²) in [5, 5.41) is 2.57. The molecule has 0 heterocycles. The van der Waals surface area contributed by atoms with Gasteiger partial charge in [0.15, 0.2) is 0 Å². The van der Waals surface area contributed by atoms with E-state index >= 15 is 0 Å². The van der Waals surface area contributed by atoms with Gasteiger partial charge < -0.3 is 10.1 Å². The van der Waals surface area contributed by atoms with Crippen molar-refractivity contribution in [3.8, 4) is 0 Å². The first-order valence-electron chi connectivity index (χ1n) is 6.23. The topological polar surface area (TPSA) is 38.3 Å². The second-order valence-electron chi connectivity index (χ2n) is 5.38. The molecule has 0 unspecified atom stereocenters. The molecule has 3 nitrogen and oxygen atoms in total. The maximum Gasteiger partial charge on any atom is 0.408 e. The highest BCUT2D eigenvalue weighted by atomic mass is 35.5. The molecule has 0 bridgehead atoms. The van der Waals surface area contributed by atoms with Crippen molar-refractivity contribution in [3.63, 3.8) is 0 Å². The van der Waals surface area contributed by atoms with Gasteiger partial charge in [-0.1, -0.05) is 0 Å². The van der Waals surface area contributed by atoms with Crippen LogP contribution >= 0.6 is 11.6 Å². The average Bonchev–Trinajstić information content (AvgIpc) is 2.24. The van der Waals surface area contributed by atoms with E-state index in [-0.39, 0.29) is 5.88 Å². The molecule has 1 atom stereocenters. The van der Waals surface area contributed by atoms with Gasteiger partial charge in [0.2, 0.25) is 0 Å². The van der Waals surface area contributed by atoms with Gasteiger partial charge in [0, 0.05) is 11.9 Å². The van der Waals surface area contributed by atoms with Crippen LogP contribution in [0.15, 0.2) is 18.2 Å². The van der Waals surface area contributed by atoms with Crippen LogP contribution in [0.1, 0.15) is 38.8 Å². The van der Waals surface area contributed by atoms with Gasteiger partial charge in [0.1, 0.15) is 17.2 Å². The molecule has 112 valence electrons. The molecule has 0 aromatic heterocycles. The first kappa shape index (κ1) is 16.7. The van der Waals surface area contributed by atoms with Gasteiger partial charge in [0.25, 0.3) is 0 Å². The Labute approximate surface area is 122 Å². The maximum absolute atomic E-state index is 13.2. The molecular weight excluding hydrogens is 288 g/mol. The van der Waals surface area contributed by atoms with Gasteiger partial charge in [-0.05, 0) is 44.9 Å². The van der Waals surface area contributed by atoms with Crippen LogP contribution in [0.5, 0.6) is 0 Å². The Bertz CT molecular complexity index is 454. The molecule has 6 heteroatoms. The highest BCUT2D eigenvalue weighted by Gasteiger charge is 2.21. The predicted molar refractivity (Wildman–Crippen MR) is 73.8 cm³/mol. The summed E-state index contributed by atoms with van der Waals surface area (Å²) in [4.78, 5) is 11.7. The number of amides is 1. The summed E-state index contributed by atoms with van der Waals surface area (Å²) in [5.74, 6) is -1.17. The Kier molecular flexibility index (Phi) is 5.74. The number of halogens is 3. The van der Waals surface area contributed by atoms with E-state index < -0.39 is 29.4 Å². The highest BCUT2D eigenvalue weighted by molar-refractivity contribution is 6.17. The second kappa shape index (κ2) is 6.88. The van der Waals surface area contributed by atoms with Gasteiger partial charge >= 0.3 is 6.09 Å². The lowest BCUT2D eigenvalue weighted by atomic mass is 10.0. The van der Waals surface area contributed by atoms with Crippen molar-refractivity contribution in [2.24, 2.45) is 0 Å². The van der Waals surface area contributed by atoms with E-state index in [9.17, 15) is 13.6 Å². The van der Waals surface area contributed by atoms with Crippen LogP contribution in [0.4, 0.5) is 13.6 Å². The van der Waals surface area contributed by atoms with E-state index in [1.165, 1.54) is 0 Å². The number of alkyl carbamates (subject to hydrolysis) is 1. The molecule has 1 amide bonds. The predicted octanol–water partition coefficient (Wildman–Crippen LogP) is 4.16. The van der Waals surface area contributed by atoms with Crippen molar-refractivity contribution in [1.82, 2.24) is 5.32 Å². The molecule has 0 aliphatic carbocycles. The van der Waals surface area contributed by atoms with Gasteiger partial charge in [-0.2, -0.15) is 0 Å². The zero-order valence-corrected chi connectivity index (χ0v) is 12.4. The SMILES string of the molecule is CC(C)(C)OC(=O)N[C@@H](CCCl)c1cc(F)cc(F)c1. The molecule has 0 radical (unpaired) electrons. The Hall–Kier alpha value is -1.36. The van der Waals surface area contributed by atoms with Crippen molar-refractivity contribution in [2.75, 3.05) is 5.88 Å². The standard InChI is InChI=1S/C14H18ClF2NO2/c1-14(2,3)20-13(19)18-12(4-5-15)9-6-10(16)8-11(17)7-9/h6-8,12H,4-5H2,1-3H3,(H,18,19)/t12-/m0/s1. The van der Waals surface area contributed by atoms with Gasteiger partial charge in [-0.15, -0.1) is 11.6 Å². The molecule has 0 spiro atoms. The Morgan fingerprint density at radius 3 is 2.30 bits per heavy atom. The Morgan fingerprint density at radius 1 is 1.30 bits per heavy atom. The summed E-state index contributed by atoms with van der Waals surface area (Å²) in [5.41, 5.74) is -0.336. The minimum Gasteiger partial charge on any atom is -0.444 e. The number of nitrogens with one attached hydrogen (secondary N) is 1. The summed E-state index contributed by atoms with van der Waals surface area (Å²) in [7, 11) is 0. The van der Waals surface area contributed by atoms with Crippen LogP contribution in [0.3, 0.4) is 0 Å². The van der Waals surface area contributed by atoms with E-state index in [1.54, 1.807) is 20.8 Å². The number of hydrogen-bond donors (Lipinski definition) is 1. The molecular formula is C14H18ClF2NO2. The molecule has 1 aromatic rings. The van der Waals surface area contributed by atoms with E-state index in [2.05, 4.69) is 5.32 Å². The summed E-state index contributed by atoms with van der Waals surface area (Å²) < 4.78 is 31.6. The Balaban J connectivity index is 2.86. The highest BCUT2D eigenvalue weighted by Crippen LogP contribution is 2.21. The third-order valence-electron chi connectivity index (χ3n) is 2.38. The largest absolute Gasteiger partial charge is 0.444 e. The number of benzene rings is 1. The van der Waals surface area contributed by atoms with E-state index in [4.69, 9.17) is 16.3 Å². The quantitative estimate of drug-likeness (QED) is 0.848. The fourth-order valence-corrected chi connectivity index (χ4v) is 1.88. The van der Waals surface area contributed by atoms with Gasteiger partial charge in [0.05, 0.1) is 6.04 Å². The first-order valence-corrected chi connectivity index (χ1v) is 6.76. The zero-order chi connectivity index (χ0) is 15.3. The molecule has 1 aromatic carbocycles.